The summed E-state index contributed by atoms with van der Waals surface area (Å²) in [5.41, 5.74) is 1.44. The van der Waals surface area contributed by atoms with Crippen molar-refractivity contribution in [2.24, 2.45) is 0 Å². The number of anilines is 2. The van der Waals surface area contributed by atoms with Gasteiger partial charge in [0, 0.05) is 16.9 Å². The van der Waals surface area contributed by atoms with E-state index in [1.807, 2.05) is 28.8 Å². The first kappa shape index (κ1) is 12.5. The third kappa shape index (κ3) is 2.73. The Hall–Kier alpha value is -2.53. The summed E-state index contributed by atoms with van der Waals surface area (Å²) in [5.74, 6) is 0.489. The van der Waals surface area contributed by atoms with Crippen molar-refractivity contribution in [1.29, 1.82) is 0 Å². The topological polar surface area (TPSA) is 58.4 Å². The highest BCUT2D eigenvalue weighted by molar-refractivity contribution is 6.30. The molecule has 2 amide bonds. The van der Waals surface area contributed by atoms with Crippen molar-refractivity contribution in [2.45, 2.75) is 0 Å². The lowest BCUT2D eigenvalue weighted by atomic mass is 10.3. The number of pyridine rings is 1. The fraction of sp³-hybridized carbons (Fsp3) is 0. The van der Waals surface area contributed by atoms with Gasteiger partial charge in [-0.15, -0.1) is 0 Å². The lowest BCUT2D eigenvalue weighted by molar-refractivity contribution is 0.262. The number of hydrogen-bond acceptors (Lipinski definition) is 2. The molecule has 0 saturated carbocycles. The zero-order valence-electron chi connectivity index (χ0n) is 10.4. The van der Waals surface area contributed by atoms with E-state index < -0.39 is 0 Å². The van der Waals surface area contributed by atoms with Crippen molar-refractivity contribution >= 4 is 34.8 Å². The number of nitrogens with one attached hydrogen (secondary N) is 2. The summed E-state index contributed by atoms with van der Waals surface area (Å²) in [6.45, 7) is 0. The van der Waals surface area contributed by atoms with Crippen molar-refractivity contribution in [3.63, 3.8) is 0 Å². The summed E-state index contributed by atoms with van der Waals surface area (Å²) < 4.78 is 1.83. The van der Waals surface area contributed by atoms with E-state index in [1.54, 1.807) is 30.5 Å². The zero-order valence-corrected chi connectivity index (χ0v) is 11.1. The van der Waals surface area contributed by atoms with Gasteiger partial charge >= 0.3 is 6.03 Å². The molecule has 2 heterocycles. The molecule has 0 aliphatic rings. The van der Waals surface area contributed by atoms with E-state index in [0.29, 0.717) is 16.5 Å². The monoisotopic (exact) mass is 286 g/mol. The first-order chi connectivity index (χ1) is 9.70. The van der Waals surface area contributed by atoms with Crippen LogP contribution in [0.15, 0.2) is 54.9 Å². The molecule has 6 heteroatoms. The number of fused-ring (bicyclic) bond motifs is 1. The van der Waals surface area contributed by atoms with E-state index in [1.165, 1.54) is 0 Å². The van der Waals surface area contributed by atoms with Crippen LogP contribution in [0.5, 0.6) is 0 Å². The Bertz CT molecular complexity index is 718. The average Bonchev–Trinajstić information content (AvgIpc) is 2.83. The van der Waals surface area contributed by atoms with E-state index in [0.717, 1.165) is 5.65 Å². The van der Waals surface area contributed by atoms with Crippen molar-refractivity contribution < 1.29 is 4.79 Å². The van der Waals surface area contributed by atoms with Crippen LogP contribution in [0, 0.1) is 0 Å². The van der Waals surface area contributed by atoms with Crippen LogP contribution in [0.1, 0.15) is 0 Å². The maximum Gasteiger partial charge on any atom is 0.324 e. The molecule has 0 unspecified atom stereocenters. The molecule has 0 aliphatic heterocycles. The van der Waals surface area contributed by atoms with Gasteiger partial charge in [-0.3, -0.25) is 5.32 Å². The summed E-state index contributed by atoms with van der Waals surface area (Å²) in [7, 11) is 0. The van der Waals surface area contributed by atoms with Gasteiger partial charge in [0.25, 0.3) is 0 Å². The number of imidazole rings is 1. The number of carbonyl (C=O) groups is 1. The molecule has 1 aromatic carbocycles. The Labute approximate surface area is 120 Å². The number of urea groups is 1. The highest BCUT2D eigenvalue weighted by Crippen LogP contribution is 2.14. The molecule has 2 aromatic heterocycles. The van der Waals surface area contributed by atoms with Crippen LogP contribution >= 0.6 is 11.6 Å². The first-order valence-electron chi connectivity index (χ1n) is 5.98. The molecule has 2 N–H and O–H groups in total. The summed E-state index contributed by atoms with van der Waals surface area (Å²) >= 11 is 5.78. The number of benzene rings is 1. The molecule has 20 heavy (non-hydrogen) atoms. The molecule has 5 nitrogen and oxygen atoms in total. The van der Waals surface area contributed by atoms with Gasteiger partial charge in [0.2, 0.25) is 0 Å². The van der Waals surface area contributed by atoms with Gasteiger partial charge in [0.05, 0.1) is 6.20 Å². The number of carbonyl (C=O) groups excluding carboxylic acids is 1. The number of hydrogen-bond donors (Lipinski definition) is 2. The van der Waals surface area contributed by atoms with Gasteiger partial charge in [0.15, 0.2) is 5.82 Å². The normalized spacial score (nSPS) is 10.4. The minimum atomic E-state index is -0.351. The van der Waals surface area contributed by atoms with Crippen LogP contribution in [-0.4, -0.2) is 15.4 Å². The van der Waals surface area contributed by atoms with Gasteiger partial charge in [-0.2, -0.15) is 0 Å². The Morgan fingerprint density at radius 2 is 1.90 bits per heavy atom. The molecular weight excluding hydrogens is 276 g/mol. The van der Waals surface area contributed by atoms with Gasteiger partial charge in [0.1, 0.15) is 5.65 Å². The third-order valence-corrected chi connectivity index (χ3v) is 2.96. The predicted molar refractivity (Wildman–Crippen MR) is 79.3 cm³/mol. The predicted octanol–water partition coefficient (Wildman–Crippen LogP) is 3.63. The second-order valence-electron chi connectivity index (χ2n) is 4.18. The highest BCUT2D eigenvalue weighted by atomic mass is 35.5. The quantitative estimate of drug-likeness (QED) is 0.756. The number of aromatic nitrogens is 2. The van der Waals surface area contributed by atoms with Crippen molar-refractivity contribution in [1.82, 2.24) is 9.38 Å². The highest BCUT2D eigenvalue weighted by Gasteiger charge is 2.06. The Morgan fingerprint density at radius 3 is 2.65 bits per heavy atom. The number of rotatable bonds is 2. The molecule has 100 valence electrons. The van der Waals surface area contributed by atoms with E-state index in [2.05, 4.69) is 15.6 Å². The molecular formula is C14H11ClN4O. The van der Waals surface area contributed by atoms with Crippen LogP contribution in [0.4, 0.5) is 16.3 Å². The van der Waals surface area contributed by atoms with Gasteiger partial charge in [-0.05, 0) is 36.4 Å². The summed E-state index contributed by atoms with van der Waals surface area (Å²) in [4.78, 5) is 16.1. The molecule has 0 saturated heterocycles. The van der Waals surface area contributed by atoms with Crippen LogP contribution in [0.25, 0.3) is 5.65 Å². The maximum atomic E-state index is 11.8. The van der Waals surface area contributed by atoms with Crippen molar-refractivity contribution in [2.75, 3.05) is 10.6 Å². The molecule has 3 aromatic rings. The lowest BCUT2D eigenvalue weighted by Crippen LogP contribution is -2.19. The standard InChI is InChI=1S/C14H11ClN4O/c15-10-4-6-11(7-5-10)16-14(20)18-12-9-19-8-2-1-3-13(19)17-12/h1-9H,(H2,16,18,20). The second-order valence-corrected chi connectivity index (χ2v) is 4.61. The third-order valence-electron chi connectivity index (χ3n) is 2.71. The molecule has 0 fully saturated rings. The Balaban J connectivity index is 1.70. The fourth-order valence-electron chi connectivity index (χ4n) is 1.81. The number of amides is 2. The van der Waals surface area contributed by atoms with Crippen LogP contribution < -0.4 is 10.6 Å². The largest absolute Gasteiger partial charge is 0.324 e. The molecule has 0 radical (unpaired) electrons. The smallest absolute Gasteiger partial charge is 0.308 e. The molecule has 0 spiro atoms. The first-order valence-corrected chi connectivity index (χ1v) is 6.36. The fourth-order valence-corrected chi connectivity index (χ4v) is 1.93. The van der Waals surface area contributed by atoms with Crippen molar-refractivity contribution in [3.05, 3.63) is 59.9 Å². The van der Waals surface area contributed by atoms with E-state index >= 15 is 0 Å². The second kappa shape index (κ2) is 5.22. The van der Waals surface area contributed by atoms with Crippen molar-refractivity contribution in [3.8, 4) is 0 Å². The number of nitrogens with zero attached hydrogens (tertiary/aromatic N) is 2. The minimum Gasteiger partial charge on any atom is -0.308 e. The van der Waals surface area contributed by atoms with Crippen LogP contribution in [-0.2, 0) is 0 Å². The minimum absolute atomic E-state index is 0.351. The summed E-state index contributed by atoms with van der Waals surface area (Å²) in [6.07, 6.45) is 3.61. The molecule has 0 atom stereocenters. The SMILES string of the molecule is O=C(Nc1ccc(Cl)cc1)Nc1cn2ccccc2n1. The van der Waals surface area contributed by atoms with Gasteiger partial charge < -0.3 is 9.72 Å². The molecule has 0 aliphatic carbocycles. The van der Waals surface area contributed by atoms with E-state index in [4.69, 9.17) is 11.6 Å². The van der Waals surface area contributed by atoms with Gasteiger partial charge in [-0.1, -0.05) is 17.7 Å². The molecule has 0 bridgehead atoms. The van der Waals surface area contributed by atoms with E-state index in [-0.39, 0.29) is 6.03 Å². The van der Waals surface area contributed by atoms with Crippen LogP contribution in [0.3, 0.4) is 0 Å². The average molecular weight is 287 g/mol. The molecule has 3 rings (SSSR count). The van der Waals surface area contributed by atoms with Gasteiger partial charge in [-0.25, -0.2) is 9.78 Å². The number of halogens is 1. The maximum absolute atomic E-state index is 11.8. The Kier molecular flexibility index (Phi) is 3.26. The van der Waals surface area contributed by atoms with Crippen LogP contribution in [0.2, 0.25) is 5.02 Å². The Morgan fingerprint density at radius 1 is 1.10 bits per heavy atom. The summed E-state index contributed by atoms with van der Waals surface area (Å²) in [6, 6.07) is 12.2. The van der Waals surface area contributed by atoms with E-state index in [9.17, 15) is 4.79 Å². The summed E-state index contributed by atoms with van der Waals surface area (Å²) in [5, 5.41) is 6.01. The lowest BCUT2D eigenvalue weighted by Gasteiger charge is -2.05. The zero-order chi connectivity index (χ0) is 13.9.